The molecular formula is C19H19F2NO4. The molecule has 0 fully saturated rings. The van der Waals surface area contributed by atoms with Gasteiger partial charge in [-0.25, -0.2) is 0 Å². The number of carboxylic acids is 1. The summed E-state index contributed by atoms with van der Waals surface area (Å²) in [5.41, 5.74) is -0.0445. The van der Waals surface area contributed by atoms with Gasteiger partial charge in [0.1, 0.15) is 5.75 Å². The largest absolute Gasteiger partial charge is 0.493 e. The molecule has 5 nitrogen and oxygen atoms in total. The highest BCUT2D eigenvalue weighted by atomic mass is 19.3. The number of nitrogens with one attached hydrogen (secondary N) is 1. The fraction of sp³-hybridized carbons (Fsp3) is 0.263. The smallest absolute Gasteiger partial charge is 0.353 e. The van der Waals surface area contributed by atoms with E-state index < -0.39 is 29.3 Å². The molecule has 138 valence electrons. The lowest BCUT2D eigenvalue weighted by Crippen LogP contribution is -2.32. The Hall–Kier alpha value is -2.96. The maximum absolute atomic E-state index is 14.6. The number of halogens is 2. The maximum atomic E-state index is 14.6. The van der Waals surface area contributed by atoms with Crippen LogP contribution in [0.15, 0.2) is 48.5 Å². The number of alkyl halides is 2. The van der Waals surface area contributed by atoms with E-state index >= 15 is 0 Å². The van der Waals surface area contributed by atoms with Crippen LogP contribution in [0, 0.1) is 0 Å². The van der Waals surface area contributed by atoms with Crippen LogP contribution in [0.1, 0.15) is 30.9 Å². The molecule has 0 saturated carbocycles. The normalized spacial score (nSPS) is 12.3. The average molecular weight is 363 g/mol. The molecule has 2 N–H and O–H groups in total. The summed E-state index contributed by atoms with van der Waals surface area (Å²) in [7, 11) is 0. The van der Waals surface area contributed by atoms with Gasteiger partial charge in [-0.2, -0.15) is 8.78 Å². The first-order valence-electron chi connectivity index (χ1n) is 8.01. The molecule has 0 aliphatic rings. The van der Waals surface area contributed by atoms with Gasteiger partial charge in [-0.15, -0.1) is 0 Å². The zero-order valence-corrected chi connectivity index (χ0v) is 14.3. The number of benzene rings is 2. The second-order valence-corrected chi connectivity index (χ2v) is 5.64. The number of carboxylic acid groups (broad SMARTS) is 1. The summed E-state index contributed by atoms with van der Waals surface area (Å²) >= 11 is 0. The molecule has 0 aliphatic heterocycles. The minimum atomic E-state index is -3.82. The lowest BCUT2D eigenvalue weighted by Gasteiger charge is -2.19. The molecule has 0 spiro atoms. The van der Waals surface area contributed by atoms with E-state index in [4.69, 9.17) is 9.84 Å². The summed E-state index contributed by atoms with van der Waals surface area (Å²) in [6.45, 7) is 3.31. The van der Waals surface area contributed by atoms with Gasteiger partial charge in [-0.1, -0.05) is 24.3 Å². The van der Waals surface area contributed by atoms with E-state index in [-0.39, 0.29) is 18.0 Å². The van der Waals surface area contributed by atoms with Gasteiger partial charge in [0.25, 0.3) is 5.91 Å². The molecule has 1 amide bonds. The van der Waals surface area contributed by atoms with Crippen molar-refractivity contribution in [3.8, 4) is 5.75 Å². The number of para-hydroxylation sites is 1. The van der Waals surface area contributed by atoms with Crippen LogP contribution in [-0.4, -0.2) is 23.6 Å². The predicted octanol–water partition coefficient (Wildman–Crippen LogP) is 4.00. The third-order valence-corrected chi connectivity index (χ3v) is 3.83. The third-order valence-electron chi connectivity index (χ3n) is 3.83. The van der Waals surface area contributed by atoms with Crippen molar-refractivity contribution in [1.29, 1.82) is 0 Å². The van der Waals surface area contributed by atoms with Crippen LogP contribution in [-0.2, 0) is 15.5 Å². The Bertz CT molecular complexity index is 808. The predicted molar refractivity (Wildman–Crippen MR) is 92.6 cm³/mol. The molecule has 26 heavy (non-hydrogen) atoms. The number of hydrogen-bond acceptors (Lipinski definition) is 3. The number of rotatable bonds is 7. The maximum Gasteiger partial charge on any atom is 0.353 e. The second kappa shape index (κ2) is 7.95. The summed E-state index contributed by atoms with van der Waals surface area (Å²) < 4.78 is 34.4. The number of carbonyl (C=O) groups is 2. The summed E-state index contributed by atoms with van der Waals surface area (Å²) in [6.07, 6.45) is 0. The van der Waals surface area contributed by atoms with E-state index in [1.165, 1.54) is 37.3 Å². The van der Waals surface area contributed by atoms with Crippen LogP contribution in [0.4, 0.5) is 14.5 Å². The minimum Gasteiger partial charge on any atom is -0.493 e. The molecule has 0 aliphatic carbocycles. The highest BCUT2D eigenvalue weighted by Gasteiger charge is 2.43. The average Bonchev–Trinajstić information content (AvgIpc) is 2.61. The van der Waals surface area contributed by atoms with Gasteiger partial charge < -0.3 is 15.2 Å². The van der Waals surface area contributed by atoms with Crippen molar-refractivity contribution in [2.45, 2.75) is 25.7 Å². The van der Waals surface area contributed by atoms with Crippen molar-refractivity contribution >= 4 is 17.6 Å². The van der Waals surface area contributed by atoms with Crippen molar-refractivity contribution in [1.82, 2.24) is 0 Å². The van der Waals surface area contributed by atoms with E-state index in [0.29, 0.717) is 5.56 Å². The number of ether oxygens (including phenoxy) is 1. The highest BCUT2D eigenvalue weighted by Crippen LogP contribution is 2.36. The Labute approximate surface area is 149 Å². The van der Waals surface area contributed by atoms with Crippen molar-refractivity contribution < 1.29 is 28.2 Å². The Kier molecular flexibility index (Phi) is 5.92. The van der Waals surface area contributed by atoms with Gasteiger partial charge in [0, 0.05) is 5.69 Å². The van der Waals surface area contributed by atoms with E-state index in [1.807, 2.05) is 0 Å². The van der Waals surface area contributed by atoms with Crippen LogP contribution < -0.4 is 10.1 Å². The van der Waals surface area contributed by atoms with E-state index in [0.717, 1.165) is 6.07 Å². The minimum absolute atomic E-state index is 0.0663. The number of carbonyl (C=O) groups excluding carboxylic acids is 1. The first-order chi connectivity index (χ1) is 12.3. The second-order valence-electron chi connectivity index (χ2n) is 5.64. The Morgan fingerprint density at radius 2 is 1.88 bits per heavy atom. The molecule has 0 saturated heterocycles. The van der Waals surface area contributed by atoms with Crippen LogP contribution in [0.5, 0.6) is 5.75 Å². The number of hydrogen-bond donors (Lipinski definition) is 2. The molecule has 1 atom stereocenters. The summed E-state index contributed by atoms with van der Waals surface area (Å²) in [4.78, 5) is 23.2. The molecule has 0 heterocycles. The van der Waals surface area contributed by atoms with Crippen LogP contribution in [0.3, 0.4) is 0 Å². The van der Waals surface area contributed by atoms with Crippen molar-refractivity contribution in [3.63, 3.8) is 0 Å². The van der Waals surface area contributed by atoms with E-state index in [2.05, 4.69) is 5.32 Å². The van der Waals surface area contributed by atoms with Gasteiger partial charge in [-0.3, -0.25) is 9.59 Å². The van der Waals surface area contributed by atoms with Crippen molar-refractivity contribution in [2.75, 3.05) is 11.9 Å². The standard InChI is InChI=1S/C19H19F2NO4/c1-3-26-16-10-5-4-9-15(16)19(20,21)18(25)22-14-8-6-7-13(11-14)12(2)17(23)24/h4-12H,3H2,1-2H3,(H,22,25)(H,23,24). The summed E-state index contributed by atoms with van der Waals surface area (Å²) in [6, 6.07) is 11.3. The van der Waals surface area contributed by atoms with Crippen molar-refractivity contribution in [2.24, 2.45) is 0 Å². The number of amides is 1. The van der Waals surface area contributed by atoms with Gasteiger partial charge in [0.2, 0.25) is 0 Å². The highest BCUT2D eigenvalue weighted by molar-refractivity contribution is 5.97. The van der Waals surface area contributed by atoms with Crippen LogP contribution in [0.25, 0.3) is 0 Å². The molecule has 2 aromatic carbocycles. The molecule has 2 rings (SSSR count). The van der Waals surface area contributed by atoms with E-state index in [1.54, 1.807) is 19.1 Å². The van der Waals surface area contributed by atoms with Crippen LogP contribution in [0.2, 0.25) is 0 Å². The first-order valence-corrected chi connectivity index (χ1v) is 8.01. The Balaban J connectivity index is 2.26. The zero-order valence-electron chi connectivity index (χ0n) is 14.3. The fourth-order valence-corrected chi connectivity index (χ4v) is 2.37. The summed E-state index contributed by atoms with van der Waals surface area (Å²) in [5.74, 6) is -7.29. The molecule has 1 unspecified atom stereocenters. The summed E-state index contributed by atoms with van der Waals surface area (Å²) in [5, 5.41) is 11.2. The van der Waals surface area contributed by atoms with Crippen molar-refractivity contribution in [3.05, 3.63) is 59.7 Å². The number of anilines is 1. The molecule has 0 bridgehead atoms. The lowest BCUT2D eigenvalue weighted by molar-refractivity contribution is -0.141. The molecule has 2 aromatic rings. The topological polar surface area (TPSA) is 75.6 Å². The van der Waals surface area contributed by atoms with E-state index in [9.17, 15) is 18.4 Å². The fourth-order valence-electron chi connectivity index (χ4n) is 2.37. The third kappa shape index (κ3) is 4.17. The molecule has 7 heteroatoms. The Morgan fingerprint density at radius 1 is 1.19 bits per heavy atom. The van der Waals surface area contributed by atoms with Gasteiger partial charge in [0.05, 0.1) is 18.1 Å². The van der Waals surface area contributed by atoms with Gasteiger partial charge in [-0.05, 0) is 43.7 Å². The zero-order chi connectivity index (χ0) is 19.3. The number of aliphatic carboxylic acids is 1. The van der Waals surface area contributed by atoms with Gasteiger partial charge in [0.15, 0.2) is 0 Å². The monoisotopic (exact) mass is 363 g/mol. The molecular weight excluding hydrogens is 344 g/mol. The molecule has 0 radical (unpaired) electrons. The molecule has 0 aromatic heterocycles. The SMILES string of the molecule is CCOc1ccccc1C(F)(F)C(=O)Nc1cccc(C(C)C(=O)O)c1. The lowest BCUT2D eigenvalue weighted by atomic mass is 10.0. The Morgan fingerprint density at radius 3 is 2.54 bits per heavy atom. The van der Waals surface area contributed by atoms with Crippen LogP contribution >= 0.6 is 0 Å². The quantitative estimate of drug-likeness (QED) is 0.780. The van der Waals surface area contributed by atoms with Gasteiger partial charge >= 0.3 is 11.9 Å². The first kappa shape index (κ1) is 19.4.